The molecule has 0 aromatic carbocycles. The first-order valence-electron chi connectivity index (χ1n) is 4.48. The minimum atomic E-state index is 0.838. The molecular formula is C10H12N4. The molecule has 1 N–H and O–H groups in total. The fourth-order valence-electron chi connectivity index (χ4n) is 1.29. The third-order valence-corrected chi connectivity index (χ3v) is 1.94. The molecule has 0 aliphatic carbocycles. The topological polar surface area (TPSA) is 42.7 Å². The third kappa shape index (κ3) is 1.80. The highest BCUT2D eigenvalue weighted by Gasteiger charge is 1.98. The minimum absolute atomic E-state index is 0.838. The summed E-state index contributed by atoms with van der Waals surface area (Å²) >= 11 is 0. The van der Waals surface area contributed by atoms with E-state index in [1.165, 1.54) is 5.56 Å². The van der Waals surface area contributed by atoms with E-state index in [-0.39, 0.29) is 0 Å². The first kappa shape index (κ1) is 8.90. The molecule has 0 radical (unpaired) electrons. The van der Waals surface area contributed by atoms with Gasteiger partial charge in [-0.15, -0.1) is 0 Å². The summed E-state index contributed by atoms with van der Waals surface area (Å²) < 4.78 is 1.84. The Morgan fingerprint density at radius 2 is 2.14 bits per heavy atom. The Morgan fingerprint density at radius 1 is 1.36 bits per heavy atom. The van der Waals surface area contributed by atoms with E-state index in [1.54, 1.807) is 12.4 Å². The number of hydrogen-bond acceptors (Lipinski definition) is 3. The van der Waals surface area contributed by atoms with E-state index in [4.69, 9.17) is 0 Å². The first-order chi connectivity index (χ1) is 6.90. The van der Waals surface area contributed by atoms with Gasteiger partial charge in [-0.05, 0) is 19.2 Å². The Bertz CT molecular complexity index is 394. The highest BCUT2D eigenvalue weighted by Crippen LogP contribution is 2.05. The average Bonchev–Trinajstić information content (AvgIpc) is 2.68. The molecule has 0 aliphatic rings. The lowest BCUT2D eigenvalue weighted by Crippen LogP contribution is -2.03. The van der Waals surface area contributed by atoms with Crippen LogP contribution in [0.25, 0.3) is 5.69 Å². The lowest BCUT2D eigenvalue weighted by atomic mass is 10.3. The van der Waals surface area contributed by atoms with Crippen LogP contribution in [0.5, 0.6) is 0 Å². The molecule has 0 bridgehead atoms. The van der Waals surface area contributed by atoms with Crippen molar-refractivity contribution in [3.05, 3.63) is 42.5 Å². The lowest BCUT2D eigenvalue weighted by Gasteiger charge is -1.98. The van der Waals surface area contributed by atoms with E-state index >= 15 is 0 Å². The minimum Gasteiger partial charge on any atom is -0.316 e. The largest absolute Gasteiger partial charge is 0.316 e. The van der Waals surface area contributed by atoms with Crippen LogP contribution >= 0.6 is 0 Å². The molecule has 2 aromatic rings. The van der Waals surface area contributed by atoms with Crippen LogP contribution < -0.4 is 5.32 Å². The third-order valence-electron chi connectivity index (χ3n) is 1.94. The van der Waals surface area contributed by atoms with Crippen molar-refractivity contribution in [2.75, 3.05) is 7.05 Å². The van der Waals surface area contributed by atoms with Gasteiger partial charge in [-0.3, -0.25) is 4.98 Å². The number of hydrogen-bond donors (Lipinski definition) is 1. The van der Waals surface area contributed by atoms with Crippen molar-refractivity contribution in [1.82, 2.24) is 20.1 Å². The molecule has 2 aromatic heterocycles. The fraction of sp³-hybridized carbons (Fsp3) is 0.200. The Balaban J connectivity index is 2.25. The molecule has 0 atom stereocenters. The molecule has 0 saturated carbocycles. The van der Waals surface area contributed by atoms with Crippen molar-refractivity contribution in [1.29, 1.82) is 0 Å². The summed E-state index contributed by atoms with van der Waals surface area (Å²) in [6, 6.07) is 3.85. The summed E-state index contributed by atoms with van der Waals surface area (Å²) in [5.74, 6) is 0. The zero-order valence-electron chi connectivity index (χ0n) is 8.01. The Hall–Kier alpha value is -1.68. The molecule has 0 fully saturated rings. The van der Waals surface area contributed by atoms with E-state index in [0.717, 1.165) is 12.2 Å². The van der Waals surface area contributed by atoms with E-state index < -0.39 is 0 Å². The van der Waals surface area contributed by atoms with Crippen LogP contribution in [-0.4, -0.2) is 21.8 Å². The van der Waals surface area contributed by atoms with Gasteiger partial charge in [-0.1, -0.05) is 0 Å². The maximum atomic E-state index is 4.25. The van der Waals surface area contributed by atoms with Gasteiger partial charge in [-0.25, -0.2) is 4.68 Å². The zero-order chi connectivity index (χ0) is 9.80. The smallest absolute Gasteiger partial charge is 0.0676 e. The number of nitrogens with zero attached hydrogens (tertiary/aromatic N) is 3. The van der Waals surface area contributed by atoms with Gasteiger partial charge in [0.15, 0.2) is 0 Å². The molecular weight excluding hydrogens is 176 g/mol. The maximum Gasteiger partial charge on any atom is 0.0676 e. The molecule has 14 heavy (non-hydrogen) atoms. The van der Waals surface area contributed by atoms with Crippen LogP contribution in [0, 0.1) is 0 Å². The summed E-state index contributed by atoms with van der Waals surface area (Å²) in [4.78, 5) is 3.96. The van der Waals surface area contributed by atoms with Gasteiger partial charge in [-0.2, -0.15) is 5.10 Å². The monoisotopic (exact) mass is 188 g/mol. The molecule has 2 heterocycles. The second-order valence-electron chi connectivity index (χ2n) is 3.03. The standard InChI is InChI=1S/C10H12N4/c1-11-6-9-7-13-14(8-9)10-2-4-12-5-3-10/h2-5,7-8,11H,6H2,1H3. The van der Waals surface area contributed by atoms with Crippen LogP contribution in [0.15, 0.2) is 36.9 Å². The first-order valence-corrected chi connectivity index (χ1v) is 4.48. The predicted octanol–water partition coefficient (Wildman–Crippen LogP) is 0.987. The second-order valence-corrected chi connectivity index (χ2v) is 3.03. The molecule has 72 valence electrons. The maximum absolute atomic E-state index is 4.25. The second kappa shape index (κ2) is 4.02. The van der Waals surface area contributed by atoms with E-state index in [2.05, 4.69) is 15.4 Å². The van der Waals surface area contributed by atoms with Crippen molar-refractivity contribution in [3.63, 3.8) is 0 Å². The van der Waals surface area contributed by atoms with Crippen LogP contribution in [-0.2, 0) is 6.54 Å². The Morgan fingerprint density at radius 3 is 2.86 bits per heavy atom. The molecule has 0 unspecified atom stereocenters. The van der Waals surface area contributed by atoms with Gasteiger partial charge in [0.05, 0.1) is 11.9 Å². The van der Waals surface area contributed by atoms with Crippen molar-refractivity contribution < 1.29 is 0 Å². The molecule has 4 heteroatoms. The number of aromatic nitrogens is 3. The number of pyridine rings is 1. The molecule has 2 rings (SSSR count). The summed E-state index contributed by atoms with van der Waals surface area (Å²) in [6.45, 7) is 0.838. The van der Waals surface area contributed by atoms with Gasteiger partial charge < -0.3 is 5.32 Å². The van der Waals surface area contributed by atoms with Crippen molar-refractivity contribution in [2.45, 2.75) is 6.54 Å². The Labute approximate surface area is 82.6 Å². The van der Waals surface area contributed by atoms with Crippen molar-refractivity contribution >= 4 is 0 Å². The molecule has 0 aliphatic heterocycles. The summed E-state index contributed by atoms with van der Waals surface area (Å²) in [7, 11) is 1.92. The van der Waals surface area contributed by atoms with E-state index in [1.807, 2.05) is 36.3 Å². The van der Waals surface area contributed by atoms with Crippen molar-refractivity contribution in [3.8, 4) is 5.69 Å². The van der Waals surface area contributed by atoms with Gasteiger partial charge in [0.25, 0.3) is 0 Å². The number of rotatable bonds is 3. The summed E-state index contributed by atoms with van der Waals surface area (Å²) in [5.41, 5.74) is 2.20. The highest BCUT2D eigenvalue weighted by molar-refractivity contribution is 5.28. The summed E-state index contributed by atoms with van der Waals surface area (Å²) in [5, 5.41) is 7.34. The van der Waals surface area contributed by atoms with E-state index in [9.17, 15) is 0 Å². The Kier molecular flexibility index (Phi) is 2.55. The number of nitrogens with one attached hydrogen (secondary N) is 1. The molecule has 0 spiro atoms. The van der Waals surface area contributed by atoms with Crippen LogP contribution in [0.3, 0.4) is 0 Å². The fourth-order valence-corrected chi connectivity index (χ4v) is 1.29. The summed E-state index contributed by atoms with van der Waals surface area (Å²) in [6.07, 6.45) is 7.38. The van der Waals surface area contributed by atoms with Crippen molar-refractivity contribution in [2.24, 2.45) is 0 Å². The molecule has 4 nitrogen and oxygen atoms in total. The average molecular weight is 188 g/mol. The van der Waals surface area contributed by atoms with Crippen LogP contribution in [0.1, 0.15) is 5.56 Å². The molecule has 0 amide bonds. The van der Waals surface area contributed by atoms with Crippen LogP contribution in [0.2, 0.25) is 0 Å². The van der Waals surface area contributed by atoms with Gasteiger partial charge in [0.2, 0.25) is 0 Å². The van der Waals surface area contributed by atoms with Gasteiger partial charge in [0, 0.05) is 30.7 Å². The van der Waals surface area contributed by atoms with Gasteiger partial charge >= 0.3 is 0 Å². The predicted molar refractivity (Wildman–Crippen MR) is 54.1 cm³/mol. The SMILES string of the molecule is CNCc1cnn(-c2ccncc2)c1. The van der Waals surface area contributed by atoms with Gasteiger partial charge in [0.1, 0.15) is 0 Å². The quantitative estimate of drug-likeness (QED) is 0.781. The lowest BCUT2D eigenvalue weighted by molar-refractivity contribution is 0.816. The normalized spacial score (nSPS) is 10.4. The highest BCUT2D eigenvalue weighted by atomic mass is 15.3. The zero-order valence-corrected chi connectivity index (χ0v) is 8.01. The van der Waals surface area contributed by atoms with Crippen LogP contribution in [0.4, 0.5) is 0 Å². The van der Waals surface area contributed by atoms with E-state index in [0.29, 0.717) is 0 Å². The molecule has 0 saturated heterocycles.